The fourth-order valence-corrected chi connectivity index (χ4v) is 3.46. The Morgan fingerprint density at radius 2 is 2.15 bits per heavy atom. The van der Waals surface area contributed by atoms with E-state index in [9.17, 15) is 4.79 Å². The number of para-hydroxylation sites is 1. The van der Waals surface area contributed by atoms with Crippen LogP contribution in [0.4, 0.5) is 5.82 Å². The smallest absolute Gasteiger partial charge is 0.246 e. The van der Waals surface area contributed by atoms with Crippen molar-refractivity contribution in [1.29, 1.82) is 0 Å². The lowest BCUT2D eigenvalue weighted by atomic mass is 10.1. The summed E-state index contributed by atoms with van der Waals surface area (Å²) in [5, 5.41) is 4.46. The maximum absolute atomic E-state index is 12.6. The molecule has 1 unspecified atom stereocenters. The van der Waals surface area contributed by atoms with Gasteiger partial charge in [0.25, 0.3) is 0 Å². The van der Waals surface area contributed by atoms with Gasteiger partial charge in [-0.25, -0.2) is 4.98 Å². The summed E-state index contributed by atoms with van der Waals surface area (Å²) in [4.78, 5) is 22.2. The van der Waals surface area contributed by atoms with Gasteiger partial charge in [-0.05, 0) is 60.6 Å². The lowest BCUT2D eigenvalue weighted by molar-refractivity contribution is -0.126. The van der Waals surface area contributed by atoms with E-state index < -0.39 is 0 Å². The zero-order chi connectivity index (χ0) is 18.8. The predicted octanol–water partition coefficient (Wildman–Crippen LogP) is 4.15. The number of fused-ring (bicyclic) bond motifs is 2. The average Bonchev–Trinajstić information content (AvgIpc) is 3.15. The number of nitrogens with zero attached hydrogens (tertiary/aromatic N) is 2. The Hall–Kier alpha value is -3.08. The topological polar surface area (TPSA) is 61.0 Å². The van der Waals surface area contributed by atoms with Crippen LogP contribution in [0.25, 0.3) is 17.0 Å². The van der Waals surface area contributed by atoms with Crippen LogP contribution in [0.2, 0.25) is 0 Å². The monoisotopic (exact) mass is 360 g/mol. The number of carbonyl (C=O) groups is 1. The number of aryl methyl sites for hydroxylation is 1. The molecule has 2 N–H and O–H groups in total. The third-order valence-corrected chi connectivity index (χ3v) is 5.25. The van der Waals surface area contributed by atoms with E-state index in [1.54, 1.807) is 11.0 Å². The molecular weight excluding hydrogens is 336 g/mol. The Morgan fingerprint density at radius 1 is 1.30 bits per heavy atom. The van der Waals surface area contributed by atoms with Gasteiger partial charge in [-0.15, -0.1) is 0 Å². The zero-order valence-electron chi connectivity index (χ0n) is 15.7. The number of aromatic amines is 1. The van der Waals surface area contributed by atoms with Crippen LogP contribution in [0.15, 0.2) is 48.7 Å². The number of aromatic nitrogens is 2. The van der Waals surface area contributed by atoms with Gasteiger partial charge in [0.2, 0.25) is 5.91 Å². The lowest BCUT2D eigenvalue weighted by Crippen LogP contribution is -2.28. The molecule has 3 heterocycles. The van der Waals surface area contributed by atoms with Crippen molar-refractivity contribution < 1.29 is 4.79 Å². The fraction of sp³-hybridized carbons (Fsp3) is 0.273. The second-order valence-electron chi connectivity index (χ2n) is 7.08. The van der Waals surface area contributed by atoms with E-state index >= 15 is 0 Å². The van der Waals surface area contributed by atoms with Gasteiger partial charge >= 0.3 is 0 Å². The first-order valence-corrected chi connectivity index (χ1v) is 9.37. The highest BCUT2D eigenvalue weighted by molar-refractivity contribution is 5.92. The standard InChI is InChI=1S/C22H24N4O/c1-15(20-13-17-6-3-4-8-19(17)25-20)26(2)21(27)10-9-16-12-18-7-5-11-23-22(18)24-14-16/h3-4,6,8-10,12-15,25H,5,7,11H2,1-2H3,(H,23,24)/b10-9+. The number of anilines is 1. The van der Waals surface area contributed by atoms with Crippen molar-refractivity contribution in [3.8, 4) is 0 Å². The van der Waals surface area contributed by atoms with E-state index in [1.165, 1.54) is 5.56 Å². The Balaban J connectivity index is 1.47. The highest BCUT2D eigenvalue weighted by Crippen LogP contribution is 2.24. The van der Waals surface area contributed by atoms with E-state index in [1.807, 2.05) is 44.4 Å². The van der Waals surface area contributed by atoms with Gasteiger partial charge in [0, 0.05) is 37.1 Å². The van der Waals surface area contributed by atoms with E-state index in [0.29, 0.717) is 0 Å². The van der Waals surface area contributed by atoms with E-state index in [0.717, 1.165) is 47.4 Å². The number of H-pyrrole nitrogens is 1. The molecule has 0 radical (unpaired) electrons. The number of benzene rings is 1. The van der Waals surface area contributed by atoms with Crippen molar-refractivity contribution in [2.45, 2.75) is 25.8 Å². The van der Waals surface area contributed by atoms with Crippen LogP contribution in [0.3, 0.4) is 0 Å². The largest absolute Gasteiger partial charge is 0.370 e. The third-order valence-electron chi connectivity index (χ3n) is 5.25. The van der Waals surface area contributed by atoms with E-state index in [-0.39, 0.29) is 11.9 Å². The van der Waals surface area contributed by atoms with Crippen LogP contribution in [0.5, 0.6) is 0 Å². The summed E-state index contributed by atoms with van der Waals surface area (Å²) in [6.45, 7) is 3.01. The van der Waals surface area contributed by atoms with Crippen LogP contribution in [0, 0.1) is 0 Å². The number of rotatable bonds is 4. The van der Waals surface area contributed by atoms with E-state index in [2.05, 4.69) is 33.5 Å². The van der Waals surface area contributed by atoms with Gasteiger partial charge in [0.05, 0.1) is 6.04 Å². The molecule has 3 aromatic rings. The van der Waals surface area contributed by atoms with Gasteiger partial charge in [0.1, 0.15) is 5.82 Å². The normalized spacial score (nSPS) is 14.7. The first-order chi connectivity index (χ1) is 13.1. The molecule has 4 rings (SSSR count). The summed E-state index contributed by atoms with van der Waals surface area (Å²) >= 11 is 0. The number of pyridine rings is 1. The minimum atomic E-state index is -0.0413. The Labute approximate surface area is 159 Å². The second kappa shape index (κ2) is 7.27. The molecule has 0 fully saturated rings. The second-order valence-corrected chi connectivity index (χ2v) is 7.08. The summed E-state index contributed by atoms with van der Waals surface area (Å²) < 4.78 is 0. The van der Waals surface area contributed by atoms with Crippen LogP contribution in [-0.4, -0.2) is 34.4 Å². The fourth-order valence-electron chi connectivity index (χ4n) is 3.46. The maximum Gasteiger partial charge on any atom is 0.246 e. The number of carbonyl (C=O) groups excluding carboxylic acids is 1. The number of hydrogen-bond donors (Lipinski definition) is 2. The molecule has 0 spiro atoms. The first kappa shape index (κ1) is 17.3. The van der Waals surface area contributed by atoms with Crippen molar-refractivity contribution in [3.05, 3.63) is 65.5 Å². The minimum absolute atomic E-state index is 0.0306. The SMILES string of the molecule is CC(c1cc2ccccc2[nH]1)N(C)C(=O)/C=C/c1cnc2c(c1)CCCN2. The molecular formula is C22H24N4O. The van der Waals surface area contributed by atoms with Crippen LogP contribution >= 0.6 is 0 Å². The summed E-state index contributed by atoms with van der Waals surface area (Å²) in [5.74, 6) is 0.936. The molecule has 0 aliphatic carbocycles. The molecule has 1 aliphatic heterocycles. The maximum atomic E-state index is 12.6. The first-order valence-electron chi connectivity index (χ1n) is 9.37. The quantitative estimate of drug-likeness (QED) is 0.687. The molecule has 1 aromatic carbocycles. The molecule has 0 bridgehead atoms. The highest BCUT2D eigenvalue weighted by Gasteiger charge is 2.17. The molecule has 1 aliphatic rings. The van der Waals surface area contributed by atoms with Gasteiger partial charge in [-0.1, -0.05) is 18.2 Å². The van der Waals surface area contributed by atoms with Crippen LogP contribution in [-0.2, 0) is 11.2 Å². The van der Waals surface area contributed by atoms with Gasteiger partial charge in [-0.2, -0.15) is 0 Å². The molecule has 5 heteroatoms. The summed E-state index contributed by atoms with van der Waals surface area (Å²) in [7, 11) is 1.83. The number of likely N-dealkylation sites (N-methyl/N-ethyl adjacent to an activating group) is 1. The van der Waals surface area contributed by atoms with Crippen molar-refractivity contribution in [2.75, 3.05) is 18.9 Å². The average molecular weight is 360 g/mol. The molecule has 0 saturated carbocycles. The summed E-state index contributed by atoms with van der Waals surface area (Å²) in [6, 6.07) is 12.3. The highest BCUT2D eigenvalue weighted by atomic mass is 16.2. The van der Waals surface area contributed by atoms with E-state index in [4.69, 9.17) is 0 Å². The molecule has 1 atom stereocenters. The van der Waals surface area contributed by atoms with Crippen LogP contribution in [0.1, 0.15) is 36.2 Å². The van der Waals surface area contributed by atoms with Crippen molar-refractivity contribution in [3.63, 3.8) is 0 Å². The molecule has 138 valence electrons. The van der Waals surface area contributed by atoms with Gasteiger partial charge < -0.3 is 15.2 Å². The number of nitrogens with one attached hydrogen (secondary N) is 2. The van der Waals surface area contributed by atoms with Crippen molar-refractivity contribution >= 4 is 28.7 Å². The van der Waals surface area contributed by atoms with Gasteiger partial charge in [0.15, 0.2) is 0 Å². The number of hydrogen-bond acceptors (Lipinski definition) is 3. The van der Waals surface area contributed by atoms with Crippen molar-refractivity contribution in [2.24, 2.45) is 0 Å². The molecule has 1 amide bonds. The summed E-state index contributed by atoms with van der Waals surface area (Å²) in [6.07, 6.45) is 7.42. The lowest BCUT2D eigenvalue weighted by Gasteiger charge is -2.23. The Kier molecular flexibility index (Phi) is 4.67. The number of amides is 1. The Bertz CT molecular complexity index is 971. The van der Waals surface area contributed by atoms with Gasteiger partial charge in [-0.3, -0.25) is 4.79 Å². The Morgan fingerprint density at radius 3 is 3.00 bits per heavy atom. The van der Waals surface area contributed by atoms with Crippen molar-refractivity contribution in [1.82, 2.24) is 14.9 Å². The molecule has 5 nitrogen and oxygen atoms in total. The minimum Gasteiger partial charge on any atom is -0.370 e. The van der Waals surface area contributed by atoms with Crippen LogP contribution < -0.4 is 5.32 Å². The zero-order valence-corrected chi connectivity index (χ0v) is 15.7. The molecule has 27 heavy (non-hydrogen) atoms. The summed E-state index contributed by atoms with van der Waals surface area (Å²) in [5.41, 5.74) is 4.29. The predicted molar refractivity (Wildman–Crippen MR) is 110 cm³/mol. The molecule has 2 aromatic heterocycles. The molecule has 0 saturated heterocycles. The third kappa shape index (κ3) is 3.58.